The molecule has 4 aromatic rings. The zero-order valence-corrected chi connectivity index (χ0v) is 44.2. The molecule has 4 unspecified atom stereocenters. The highest BCUT2D eigenvalue weighted by atomic mass is 79.9. The molecule has 0 saturated carbocycles. The predicted octanol–water partition coefficient (Wildman–Crippen LogP) is 8.13. The zero-order chi connectivity index (χ0) is 47.9. The largest absolute Gasteiger partial charge is 0.461 e. The molecule has 8 aliphatic rings. The molecule has 12 heterocycles. The fourth-order valence-electron chi connectivity index (χ4n) is 12.8. The Balaban J connectivity index is 0.000000151. The minimum Gasteiger partial charge on any atom is -0.461 e. The molecule has 374 valence electrons. The van der Waals surface area contributed by atoms with Crippen LogP contribution in [0.5, 0.6) is 12.0 Å². The molecule has 21 heteroatoms. The lowest BCUT2D eigenvalue weighted by molar-refractivity contribution is 0.0111. The highest BCUT2D eigenvalue weighted by molar-refractivity contribution is 9.11. The van der Waals surface area contributed by atoms with Crippen LogP contribution >= 0.6 is 38.6 Å². The third-order valence-electron chi connectivity index (χ3n) is 15.7. The lowest BCUT2D eigenvalue weighted by Crippen LogP contribution is -2.57. The summed E-state index contributed by atoms with van der Waals surface area (Å²) >= 11 is 6.56. The van der Waals surface area contributed by atoms with Crippen molar-refractivity contribution in [3.05, 3.63) is 9.43 Å². The summed E-state index contributed by atoms with van der Waals surface area (Å²) in [5.41, 5.74) is 2.75. The van der Waals surface area contributed by atoms with Crippen LogP contribution in [0.25, 0.3) is 20.7 Å². The number of ether oxygens (including phenoxy) is 4. The van der Waals surface area contributed by atoms with Gasteiger partial charge in [-0.1, -0.05) is 11.3 Å². The molecule has 4 bridgehead atoms. The van der Waals surface area contributed by atoms with Crippen molar-refractivity contribution in [1.29, 1.82) is 0 Å². The average Bonchev–Trinajstić information content (AvgIpc) is 4.16. The van der Waals surface area contributed by atoms with Gasteiger partial charge in [0.15, 0.2) is 25.2 Å². The van der Waals surface area contributed by atoms with Gasteiger partial charge in [-0.3, -0.25) is 19.6 Å². The number of hydrogen-bond acceptors (Lipinski definition) is 18. The second-order valence-corrected chi connectivity index (χ2v) is 25.6. The second kappa shape index (κ2) is 18.3. The van der Waals surface area contributed by atoms with E-state index in [1.807, 2.05) is 56.9 Å². The fourth-order valence-corrected chi connectivity index (χ4v) is 14.7. The van der Waals surface area contributed by atoms with E-state index in [4.69, 9.17) is 43.9 Å². The Morgan fingerprint density at radius 2 is 1.04 bits per heavy atom. The number of nitrogens with zero attached hydrogens (tertiary/aromatic N) is 12. The molecule has 18 nitrogen and oxygen atoms in total. The maximum atomic E-state index is 12.9. The average molecular weight is 1050 g/mol. The van der Waals surface area contributed by atoms with Crippen molar-refractivity contribution in [3.8, 4) is 12.0 Å². The van der Waals surface area contributed by atoms with E-state index in [9.17, 15) is 9.59 Å². The number of hydrogen-bond donors (Lipinski definition) is 0. The van der Waals surface area contributed by atoms with Gasteiger partial charge in [-0.05, 0) is 161 Å². The number of aromatic nitrogens is 6. The van der Waals surface area contributed by atoms with E-state index in [0.29, 0.717) is 38.3 Å². The van der Waals surface area contributed by atoms with Crippen LogP contribution in [0.4, 0.5) is 21.2 Å². The van der Waals surface area contributed by atoms with Crippen LogP contribution in [0.15, 0.2) is 9.43 Å². The van der Waals surface area contributed by atoms with Crippen LogP contribution in [-0.4, -0.2) is 174 Å². The third kappa shape index (κ3) is 9.40. The summed E-state index contributed by atoms with van der Waals surface area (Å²) in [6, 6.07) is 1.31. The first-order valence-electron chi connectivity index (χ1n) is 25.3. The van der Waals surface area contributed by atoms with Gasteiger partial charge in [0, 0.05) is 26.2 Å². The molecular formula is C48H67BrN12O6S2. The molecule has 0 radical (unpaired) electrons. The summed E-state index contributed by atoms with van der Waals surface area (Å²) in [4.78, 5) is 69.5. The summed E-state index contributed by atoms with van der Waals surface area (Å²) in [7, 11) is 0. The van der Waals surface area contributed by atoms with E-state index < -0.39 is 11.2 Å². The molecule has 0 spiro atoms. The van der Waals surface area contributed by atoms with Crippen LogP contribution in [0.3, 0.4) is 0 Å². The molecule has 8 saturated heterocycles. The third-order valence-corrected chi connectivity index (χ3v) is 17.8. The molecule has 69 heavy (non-hydrogen) atoms. The van der Waals surface area contributed by atoms with Gasteiger partial charge in [0.25, 0.3) is 0 Å². The minimum atomic E-state index is -0.501. The van der Waals surface area contributed by atoms with E-state index in [0.717, 1.165) is 75.0 Å². The van der Waals surface area contributed by atoms with Gasteiger partial charge in [-0.15, -0.1) is 11.3 Å². The van der Waals surface area contributed by atoms with Crippen molar-refractivity contribution in [3.63, 3.8) is 0 Å². The van der Waals surface area contributed by atoms with Crippen molar-refractivity contribution in [1.82, 2.24) is 49.5 Å². The summed E-state index contributed by atoms with van der Waals surface area (Å²) in [5, 5.41) is 0. The van der Waals surface area contributed by atoms with E-state index >= 15 is 0 Å². The van der Waals surface area contributed by atoms with Crippen LogP contribution in [0.2, 0.25) is 0 Å². The van der Waals surface area contributed by atoms with E-state index in [1.165, 1.54) is 100 Å². The molecule has 8 fully saturated rings. The monoisotopic (exact) mass is 1050 g/mol. The van der Waals surface area contributed by atoms with E-state index in [1.54, 1.807) is 0 Å². The van der Waals surface area contributed by atoms with Gasteiger partial charge >= 0.3 is 24.2 Å². The van der Waals surface area contributed by atoms with Gasteiger partial charge < -0.3 is 28.7 Å². The maximum Gasteiger partial charge on any atom is 0.410 e. The van der Waals surface area contributed by atoms with Crippen LogP contribution in [-0.2, 0) is 9.47 Å². The Bertz CT molecular complexity index is 2520. The summed E-state index contributed by atoms with van der Waals surface area (Å²) < 4.78 is 24.8. The van der Waals surface area contributed by atoms with Crippen molar-refractivity contribution in [2.24, 2.45) is 0 Å². The Morgan fingerprint density at radius 3 is 1.48 bits per heavy atom. The summed E-state index contributed by atoms with van der Waals surface area (Å²) in [5.74, 6) is 1.63. The van der Waals surface area contributed by atoms with E-state index in [-0.39, 0.29) is 47.4 Å². The van der Waals surface area contributed by atoms with Crippen LogP contribution in [0.1, 0.15) is 119 Å². The Kier molecular flexibility index (Phi) is 12.6. The van der Waals surface area contributed by atoms with Crippen LogP contribution < -0.4 is 19.3 Å². The predicted molar refractivity (Wildman–Crippen MR) is 269 cm³/mol. The second-order valence-electron chi connectivity index (χ2n) is 22.6. The van der Waals surface area contributed by atoms with Gasteiger partial charge in [0.1, 0.15) is 35.4 Å². The summed E-state index contributed by atoms with van der Waals surface area (Å²) in [6.07, 6.45) is 13.2. The SMILES string of the molecule is CC(C)(C)OC(=O)N1C2CCC1CN(c1nc(OCC34CCCN3CCC4)nc3sc(Br)nc13)C2.CC(C)(C)OC(=O)N1C2CCC1CN(c1nc(OCC34CCCN3CCC4)nc3scnc13)C2. The first kappa shape index (κ1) is 47.4. The molecule has 0 aliphatic carbocycles. The number of rotatable bonds is 8. The number of halogens is 1. The van der Waals surface area contributed by atoms with E-state index in [2.05, 4.69) is 40.5 Å². The standard InChI is InChI=1S/C24H33BrN6O3S.C24H34N6O3S/c1-23(2,3)34-22(32)31-15-6-7-16(31)13-29(12-15)18-17-19(35-20(25)26-17)28-21(27-18)33-14-24-8-4-10-30(24)11-5-9-24;1-23(2,3)33-22(31)30-16-6-7-17(30)13-28(12-16)19-18-20(34-15-25-18)27-21(26-19)32-14-24-8-4-10-29(24)11-5-9-24/h15-16H,4-14H2,1-3H3;15-17H,4-14H2,1-3H3. The Morgan fingerprint density at radius 1 is 0.623 bits per heavy atom. The highest BCUT2D eigenvalue weighted by Gasteiger charge is 2.49. The number of amides is 2. The number of piperazine rings is 2. The van der Waals surface area contributed by atoms with Crippen molar-refractivity contribution < 1.29 is 28.5 Å². The molecule has 12 rings (SSSR count). The zero-order valence-electron chi connectivity index (χ0n) is 41.0. The van der Waals surface area contributed by atoms with Gasteiger partial charge in [0.05, 0.1) is 40.8 Å². The van der Waals surface area contributed by atoms with Crippen molar-refractivity contribution >= 4 is 83.1 Å². The molecule has 8 aliphatic heterocycles. The number of fused-ring (bicyclic) bond motifs is 8. The lowest BCUT2D eigenvalue weighted by Gasteiger charge is -2.41. The lowest BCUT2D eigenvalue weighted by atomic mass is 9.95. The number of anilines is 2. The molecular weight excluding hydrogens is 985 g/mol. The maximum absolute atomic E-state index is 12.9. The molecule has 0 N–H and O–H groups in total. The van der Waals surface area contributed by atoms with Gasteiger partial charge in [-0.2, -0.15) is 19.9 Å². The quantitative estimate of drug-likeness (QED) is 0.166. The topological polar surface area (TPSA) is 168 Å². The smallest absolute Gasteiger partial charge is 0.410 e. The first-order valence-corrected chi connectivity index (χ1v) is 27.7. The Hall–Kier alpha value is -3.92. The normalized spacial score (nSPS) is 26.1. The highest BCUT2D eigenvalue weighted by Crippen LogP contribution is 2.43. The molecule has 4 atom stereocenters. The van der Waals surface area contributed by atoms with Crippen molar-refractivity contribution in [2.75, 3.05) is 75.4 Å². The number of thiazole rings is 2. The fraction of sp³-hybridized carbons (Fsp3) is 0.750. The molecule has 0 aromatic carbocycles. The number of carbonyl (C=O) groups excluding carboxylic acids is 2. The number of carbonyl (C=O) groups is 2. The molecule has 2 amide bonds. The minimum absolute atomic E-state index is 0.101. The van der Waals surface area contributed by atoms with Gasteiger partial charge in [-0.25, -0.2) is 19.6 Å². The summed E-state index contributed by atoms with van der Waals surface area (Å²) in [6.45, 7) is 20.3. The van der Waals surface area contributed by atoms with Gasteiger partial charge in [0.2, 0.25) is 0 Å². The first-order chi connectivity index (χ1) is 33.0. The van der Waals surface area contributed by atoms with Crippen molar-refractivity contribution in [2.45, 2.75) is 165 Å². The Labute approximate surface area is 420 Å². The molecule has 4 aromatic heterocycles. The van der Waals surface area contributed by atoms with Crippen LogP contribution in [0, 0.1) is 0 Å².